The number of nitrogens with one attached hydrogen (secondary N) is 1. The lowest BCUT2D eigenvalue weighted by atomic mass is 10.1. The first kappa shape index (κ1) is 21.5. The van der Waals surface area contributed by atoms with Crippen LogP contribution < -0.4 is 16.0 Å². The number of pyridine rings is 1. The van der Waals surface area contributed by atoms with Crippen molar-refractivity contribution in [1.82, 2.24) is 4.98 Å². The largest absolute Gasteiger partial charge is 0.370 e. The van der Waals surface area contributed by atoms with Crippen molar-refractivity contribution in [3.8, 4) is 0 Å². The number of aliphatic imine (C=N–C) groups is 1. The van der Waals surface area contributed by atoms with E-state index >= 15 is 0 Å². The fraction of sp³-hybridized carbons (Fsp3) is 0.429. The lowest BCUT2D eigenvalue weighted by Gasteiger charge is -2.21. The first-order valence-electron chi connectivity index (χ1n) is 9.45. The second kappa shape index (κ2) is 10.5. The van der Waals surface area contributed by atoms with E-state index in [1.165, 1.54) is 36.8 Å². The van der Waals surface area contributed by atoms with Crippen LogP contribution >= 0.6 is 24.0 Å². The fourth-order valence-electron chi connectivity index (χ4n) is 3.44. The Labute approximate surface area is 179 Å². The molecule has 1 saturated heterocycles. The molecule has 0 bridgehead atoms. The van der Waals surface area contributed by atoms with Crippen molar-refractivity contribution in [3.63, 3.8) is 0 Å². The highest BCUT2D eigenvalue weighted by molar-refractivity contribution is 14.0. The van der Waals surface area contributed by atoms with Crippen LogP contribution in [-0.4, -0.2) is 24.0 Å². The van der Waals surface area contributed by atoms with Crippen molar-refractivity contribution >= 4 is 41.4 Å². The number of aromatic nitrogens is 1. The van der Waals surface area contributed by atoms with Crippen LogP contribution in [0.1, 0.15) is 42.4 Å². The van der Waals surface area contributed by atoms with Crippen LogP contribution in [0.15, 0.2) is 41.5 Å². The zero-order valence-electron chi connectivity index (χ0n) is 16.2. The molecule has 27 heavy (non-hydrogen) atoms. The lowest BCUT2D eigenvalue weighted by Crippen LogP contribution is -2.25. The summed E-state index contributed by atoms with van der Waals surface area (Å²) in [5, 5.41) is 3.18. The van der Waals surface area contributed by atoms with Gasteiger partial charge in [0.15, 0.2) is 5.96 Å². The summed E-state index contributed by atoms with van der Waals surface area (Å²) in [6.45, 7) is 6.89. The molecular formula is C21H30IN5. The monoisotopic (exact) mass is 479 g/mol. The molecule has 3 rings (SSSR count). The zero-order chi connectivity index (χ0) is 18.4. The van der Waals surface area contributed by atoms with Gasteiger partial charge >= 0.3 is 0 Å². The van der Waals surface area contributed by atoms with Crippen molar-refractivity contribution in [2.24, 2.45) is 10.7 Å². The molecule has 2 aromatic rings. The maximum Gasteiger partial charge on any atom is 0.193 e. The van der Waals surface area contributed by atoms with E-state index in [0.29, 0.717) is 12.5 Å². The van der Waals surface area contributed by atoms with Gasteiger partial charge in [0.25, 0.3) is 0 Å². The van der Waals surface area contributed by atoms with Crippen molar-refractivity contribution in [2.45, 2.75) is 46.1 Å². The van der Waals surface area contributed by atoms with Crippen molar-refractivity contribution in [2.75, 3.05) is 23.3 Å². The van der Waals surface area contributed by atoms with Gasteiger partial charge in [0.2, 0.25) is 0 Å². The number of halogens is 1. The van der Waals surface area contributed by atoms with Gasteiger partial charge in [-0.25, -0.2) is 9.98 Å². The topological polar surface area (TPSA) is 66.5 Å². The number of hydrogen-bond donors (Lipinski definition) is 2. The third-order valence-corrected chi connectivity index (χ3v) is 4.67. The minimum atomic E-state index is 0. The summed E-state index contributed by atoms with van der Waals surface area (Å²) in [5.41, 5.74) is 10.6. The molecule has 1 fully saturated rings. The first-order valence-corrected chi connectivity index (χ1v) is 9.45. The van der Waals surface area contributed by atoms with E-state index in [2.05, 4.69) is 58.3 Å². The number of anilines is 2. The van der Waals surface area contributed by atoms with Crippen molar-refractivity contribution < 1.29 is 0 Å². The third kappa shape index (κ3) is 6.68. The molecule has 0 amide bonds. The van der Waals surface area contributed by atoms with Gasteiger partial charge in [-0.05, 0) is 67.6 Å². The highest BCUT2D eigenvalue weighted by atomic mass is 127. The van der Waals surface area contributed by atoms with Gasteiger partial charge in [0.1, 0.15) is 5.82 Å². The fourth-order valence-corrected chi connectivity index (χ4v) is 3.44. The highest BCUT2D eigenvalue weighted by Crippen LogP contribution is 2.19. The SMILES string of the molecule is Cc1cc(C)cc(NC(N)=NCc2ccnc(N3CCCCCC3)c2)c1.I. The average Bonchev–Trinajstić information content (AvgIpc) is 2.89. The van der Waals surface area contributed by atoms with Crippen molar-refractivity contribution in [1.29, 1.82) is 0 Å². The van der Waals surface area contributed by atoms with Crippen LogP contribution in [-0.2, 0) is 6.54 Å². The number of nitrogens with two attached hydrogens (primary N) is 1. The maximum atomic E-state index is 6.07. The third-order valence-electron chi connectivity index (χ3n) is 4.67. The number of hydrogen-bond acceptors (Lipinski definition) is 3. The van der Waals surface area contributed by atoms with Crippen LogP contribution in [0, 0.1) is 13.8 Å². The zero-order valence-corrected chi connectivity index (χ0v) is 18.6. The minimum absolute atomic E-state index is 0. The van der Waals surface area contributed by atoms with Gasteiger partial charge in [-0.2, -0.15) is 0 Å². The molecule has 1 aromatic carbocycles. The van der Waals surface area contributed by atoms with Crippen molar-refractivity contribution in [3.05, 3.63) is 53.2 Å². The average molecular weight is 479 g/mol. The minimum Gasteiger partial charge on any atom is -0.370 e. The Morgan fingerprint density at radius 1 is 1.07 bits per heavy atom. The Kier molecular flexibility index (Phi) is 8.34. The Bertz CT molecular complexity index is 747. The summed E-state index contributed by atoms with van der Waals surface area (Å²) in [4.78, 5) is 11.4. The standard InChI is InChI=1S/C21H29N5.HI/c1-16-11-17(2)13-19(12-16)25-21(22)24-15-18-7-8-23-20(14-18)26-9-5-3-4-6-10-26;/h7-8,11-14H,3-6,9-10,15H2,1-2H3,(H3,22,24,25);1H. The molecular weight excluding hydrogens is 449 g/mol. The molecule has 0 unspecified atom stereocenters. The van der Waals surface area contributed by atoms with E-state index in [1.54, 1.807) is 0 Å². The number of nitrogens with zero attached hydrogens (tertiary/aromatic N) is 3. The number of aryl methyl sites for hydroxylation is 2. The number of benzene rings is 1. The molecule has 0 aliphatic carbocycles. The molecule has 1 aromatic heterocycles. The predicted octanol–water partition coefficient (Wildman–Crippen LogP) is 4.62. The second-order valence-corrected chi connectivity index (χ2v) is 7.13. The van der Waals surface area contributed by atoms with Crippen LogP contribution in [0.3, 0.4) is 0 Å². The normalized spacial score (nSPS) is 15.0. The van der Waals surface area contributed by atoms with E-state index in [1.807, 2.05) is 12.3 Å². The maximum absolute atomic E-state index is 6.07. The van der Waals surface area contributed by atoms with Crippen LogP contribution in [0.2, 0.25) is 0 Å². The van der Waals surface area contributed by atoms with Gasteiger partial charge in [0.05, 0.1) is 6.54 Å². The summed E-state index contributed by atoms with van der Waals surface area (Å²) in [6.07, 6.45) is 7.01. The molecule has 5 nitrogen and oxygen atoms in total. The summed E-state index contributed by atoms with van der Waals surface area (Å²) >= 11 is 0. The molecule has 2 heterocycles. The lowest BCUT2D eigenvalue weighted by molar-refractivity contribution is 0.726. The Morgan fingerprint density at radius 3 is 2.41 bits per heavy atom. The highest BCUT2D eigenvalue weighted by Gasteiger charge is 2.11. The molecule has 0 spiro atoms. The predicted molar refractivity (Wildman–Crippen MR) is 125 cm³/mol. The smallest absolute Gasteiger partial charge is 0.193 e. The molecule has 0 atom stereocenters. The Morgan fingerprint density at radius 2 is 1.74 bits per heavy atom. The first-order chi connectivity index (χ1) is 12.6. The summed E-state index contributed by atoms with van der Waals surface area (Å²) in [6, 6.07) is 10.4. The van der Waals surface area contributed by atoms with Gasteiger partial charge in [-0.1, -0.05) is 18.9 Å². The Balaban J connectivity index is 0.00000261. The Hall–Kier alpha value is -1.83. The summed E-state index contributed by atoms with van der Waals surface area (Å²) in [5.74, 6) is 1.49. The molecule has 1 aliphatic rings. The quantitative estimate of drug-likeness (QED) is 0.382. The van der Waals surface area contributed by atoms with E-state index in [-0.39, 0.29) is 24.0 Å². The molecule has 146 valence electrons. The molecule has 1 aliphatic heterocycles. The van der Waals surface area contributed by atoms with Gasteiger partial charge in [-0.3, -0.25) is 0 Å². The van der Waals surface area contributed by atoms with E-state index < -0.39 is 0 Å². The summed E-state index contributed by atoms with van der Waals surface area (Å²) in [7, 11) is 0. The van der Waals surface area contributed by atoms with Crippen LogP contribution in [0.4, 0.5) is 11.5 Å². The van der Waals surface area contributed by atoms with Crippen LogP contribution in [0.25, 0.3) is 0 Å². The van der Waals surface area contributed by atoms with E-state index in [4.69, 9.17) is 5.73 Å². The van der Waals surface area contributed by atoms with Gasteiger partial charge in [-0.15, -0.1) is 24.0 Å². The van der Waals surface area contributed by atoms with E-state index in [9.17, 15) is 0 Å². The number of guanidine groups is 1. The molecule has 6 heteroatoms. The summed E-state index contributed by atoms with van der Waals surface area (Å²) < 4.78 is 0. The van der Waals surface area contributed by atoms with Crippen LogP contribution in [0.5, 0.6) is 0 Å². The number of rotatable bonds is 4. The molecule has 3 N–H and O–H groups in total. The van der Waals surface area contributed by atoms with Gasteiger partial charge < -0.3 is 16.0 Å². The van der Waals surface area contributed by atoms with E-state index in [0.717, 1.165) is 30.2 Å². The molecule has 0 radical (unpaired) electrons. The molecule has 0 saturated carbocycles. The van der Waals surface area contributed by atoms with Gasteiger partial charge in [0, 0.05) is 25.0 Å². The second-order valence-electron chi connectivity index (χ2n) is 7.13.